The van der Waals surface area contributed by atoms with Gasteiger partial charge in [-0.3, -0.25) is 0 Å². The number of likely N-dealkylation sites (N-methyl/N-ethyl adjacent to an activating group) is 1. The van der Waals surface area contributed by atoms with Crippen LogP contribution in [0.5, 0.6) is 0 Å². The molecule has 98 valence electrons. The minimum atomic E-state index is -2.90. The Morgan fingerprint density at radius 2 is 1.81 bits per heavy atom. The zero-order chi connectivity index (χ0) is 12.8. The highest BCUT2D eigenvalue weighted by Crippen LogP contribution is 1.99. The molecule has 0 rings (SSSR count). The van der Waals surface area contributed by atoms with Gasteiger partial charge in [0.1, 0.15) is 0 Å². The maximum absolute atomic E-state index is 11.2. The number of rotatable bonds is 8. The third kappa shape index (κ3) is 8.07. The Kier molecular flexibility index (Phi) is 7.19. The molecular formula is C11H26N2O2S. The molecule has 0 saturated heterocycles. The van der Waals surface area contributed by atoms with Gasteiger partial charge in [0.05, 0.1) is 5.25 Å². The summed E-state index contributed by atoms with van der Waals surface area (Å²) in [7, 11) is -0.947. The van der Waals surface area contributed by atoms with E-state index in [1.807, 2.05) is 7.05 Å². The van der Waals surface area contributed by atoms with Crippen LogP contribution in [0.3, 0.4) is 0 Å². The van der Waals surface area contributed by atoms with Gasteiger partial charge < -0.3 is 10.2 Å². The Hall–Kier alpha value is -0.130. The molecule has 0 bridgehead atoms. The fraction of sp³-hybridized carbons (Fsp3) is 1.00. The molecule has 0 heterocycles. The van der Waals surface area contributed by atoms with E-state index >= 15 is 0 Å². The van der Waals surface area contributed by atoms with Crippen LogP contribution in [0.25, 0.3) is 0 Å². The van der Waals surface area contributed by atoms with Crippen molar-refractivity contribution >= 4 is 9.84 Å². The number of sulfone groups is 1. The smallest absolute Gasteiger partial charge is 0.151 e. The Balaban J connectivity index is 3.71. The van der Waals surface area contributed by atoms with Crippen molar-refractivity contribution in [2.24, 2.45) is 5.92 Å². The van der Waals surface area contributed by atoms with Crippen molar-refractivity contribution in [3.05, 3.63) is 0 Å². The first kappa shape index (κ1) is 15.9. The summed E-state index contributed by atoms with van der Waals surface area (Å²) < 4.78 is 22.5. The molecule has 1 unspecified atom stereocenters. The molecule has 0 aromatic heterocycles. The molecule has 0 fully saturated rings. The summed E-state index contributed by atoms with van der Waals surface area (Å²) in [6.07, 6.45) is 1.29. The van der Waals surface area contributed by atoms with Crippen molar-refractivity contribution in [3.8, 4) is 0 Å². The van der Waals surface area contributed by atoms with Gasteiger partial charge in [0.15, 0.2) is 9.84 Å². The maximum Gasteiger partial charge on any atom is 0.151 e. The third-order valence-corrected chi connectivity index (χ3v) is 4.13. The molecule has 0 saturated carbocycles. The van der Waals surface area contributed by atoms with Crippen LogP contribution >= 0.6 is 0 Å². The zero-order valence-corrected chi connectivity index (χ0v) is 12.0. The van der Waals surface area contributed by atoms with Crippen LogP contribution in [0.1, 0.15) is 20.8 Å². The molecule has 16 heavy (non-hydrogen) atoms. The molecule has 1 atom stereocenters. The molecule has 4 nitrogen and oxygen atoms in total. The second kappa shape index (κ2) is 7.25. The van der Waals surface area contributed by atoms with Crippen LogP contribution in [-0.2, 0) is 9.84 Å². The number of hydrogen-bond donors (Lipinski definition) is 1. The van der Waals surface area contributed by atoms with Gasteiger partial charge in [-0.2, -0.15) is 0 Å². The molecule has 0 aliphatic rings. The normalized spacial score (nSPS) is 14.7. The van der Waals surface area contributed by atoms with Crippen molar-refractivity contribution in [2.75, 3.05) is 39.5 Å². The second-order valence-corrected chi connectivity index (χ2v) is 7.46. The van der Waals surface area contributed by atoms with Crippen molar-refractivity contribution in [2.45, 2.75) is 26.0 Å². The predicted octanol–water partition coefficient (Wildman–Crippen LogP) is 0.597. The van der Waals surface area contributed by atoms with E-state index in [1.165, 1.54) is 6.26 Å². The number of hydrogen-bond acceptors (Lipinski definition) is 4. The molecule has 0 aromatic carbocycles. The van der Waals surface area contributed by atoms with E-state index in [0.29, 0.717) is 12.5 Å². The lowest BCUT2D eigenvalue weighted by Gasteiger charge is -2.20. The van der Waals surface area contributed by atoms with Gasteiger partial charge in [-0.05, 0) is 26.4 Å². The average Bonchev–Trinajstić information content (AvgIpc) is 2.10. The quantitative estimate of drug-likeness (QED) is 0.641. The van der Waals surface area contributed by atoms with Gasteiger partial charge in [-0.15, -0.1) is 0 Å². The lowest BCUT2D eigenvalue weighted by molar-refractivity contribution is 0.329. The van der Waals surface area contributed by atoms with Crippen molar-refractivity contribution in [1.82, 2.24) is 10.2 Å². The topological polar surface area (TPSA) is 49.4 Å². The molecule has 0 radical (unpaired) electrons. The summed E-state index contributed by atoms with van der Waals surface area (Å²) in [5, 5.41) is 3.05. The Morgan fingerprint density at radius 1 is 1.25 bits per heavy atom. The first-order valence-corrected chi connectivity index (χ1v) is 7.77. The molecular weight excluding hydrogens is 224 g/mol. The molecule has 0 aromatic rings. The summed E-state index contributed by atoms with van der Waals surface area (Å²) in [6, 6.07) is 0. The first-order valence-electron chi connectivity index (χ1n) is 5.81. The van der Waals surface area contributed by atoms with Gasteiger partial charge >= 0.3 is 0 Å². The summed E-state index contributed by atoms with van der Waals surface area (Å²) in [6.45, 7) is 9.49. The third-order valence-electron chi connectivity index (χ3n) is 2.52. The highest BCUT2D eigenvalue weighted by molar-refractivity contribution is 7.91. The van der Waals surface area contributed by atoms with Gasteiger partial charge in [0.25, 0.3) is 0 Å². The summed E-state index contributed by atoms with van der Waals surface area (Å²) in [4.78, 5) is 2.05. The lowest BCUT2D eigenvalue weighted by Crippen LogP contribution is -2.37. The minimum absolute atomic E-state index is 0.289. The fourth-order valence-corrected chi connectivity index (χ4v) is 1.85. The average molecular weight is 250 g/mol. The fourth-order valence-electron chi connectivity index (χ4n) is 1.33. The zero-order valence-electron chi connectivity index (χ0n) is 11.2. The molecule has 0 spiro atoms. The van der Waals surface area contributed by atoms with E-state index in [1.54, 1.807) is 6.92 Å². The molecule has 1 N–H and O–H groups in total. The van der Waals surface area contributed by atoms with E-state index in [2.05, 4.69) is 24.1 Å². The van der Waals surface area contributed by atoms with Gasteiger partial charge in [-0.25, -0.2) is 8.42 Å². The highest BCUT2D eigenvalue weighted by atomic mass is 32.2. The molecule has 5 heteroatoms. The van der Waals surface area contributed by atoms with E-state index in [-0.39, 0.29) is 5.25 Å². The van der Waals surface area contributed by atoms with Crippen LogP contribution in [0.2, 0.25) is 0 Å². The summed E-state index contributed by atoms with van der Waals surface area (Å²) in [5.41, 5.74) is 0. The van der Waals surface area contributed by atoms with Crippen molar-refractivity contribution in [1.29, 1.82) is 0 Å². The van der Waals surface area contributed by atoms with E-state index < -0.39 is 9.84 Å². The Morgan fingerprint density at radius 3 is 2.25 bits per heavy atom. The Labute approximate surface area is 100 Å². The minimum Gasteiger partial charge on any atom is -0.315 e. The lowest BCUT2D eigenvalue weighted by atomic mass is 10.2. The van der Waals surface area contributed by atoms with Gasteiger partial charge in [-0.1, -0.05) is 13.8 Å². The predicted molar refractivity (Wildman–Crippen MR) is 69.5 cm³/mol. The largest absolute Gasteiger partial charge is 0.315 e. The van der Waals surface area contributed by atoms with Gasteiger partial charge in [0, 0.05) is 25.9 Å². The van der Waals surface area contributed by atoms with Crippen LogP contribution in [0.15, 0.2) is 0 Å². The molecule has 0 amide bonds. The van der Waals surface area contributed by atoms with Crippen LogP contribution in [-0.4, -0.2) is 58.1 Å². The van der Waals surface area contributed by atoms with E-state index in [0.717, 1.165) is 19.6 Å². The summed E-state index contributed by atoms with van der Waals surface area (Å²) in [5.74, 6) is 0.653. The number of nitrogens with one attached hydrogen (secondary N) is 1. The molecule has 0 aliphatic carbocycles. The van der Waals surface area contributed by atoms with Crippen molar-refractivity contribution < 1.29 is 8.42 Å². The van der Waals surface area contributed by atoms with Crippen molar-refractivity contribution in [3.63, 3.8) is 0 Å². The second-order valence-electron chi connectivity index (χ2n) is 5.00. The number of nitrogens with zero attached hydrogens (tertiary/aromatic N) is 1. The van der Waals surface area contributed by atoms with Crippen LogP contribution < -0.4 is 5.32 Å². The monoisotopic (exact) mass is 250 g/mol. The Bertz CT molecular complexity index is 276. The van der Waals surface area contributed by atoms with Gasteiger partial charge in [0.2, 0.25) is 0 Å². The van der Waals surface area contributed by atoms with E-state index in [4.69, 9.17) is 0 Å². The first-order chi connectivity index (χ1) is 7.23. The SMILES string of the molecule is CC(C)CNCCN(C)CC(C)S(C)(=O)=O. The molecule has 0 aliphatic heterocycles. The van der Waals surface area contributed by atoms with Crippen LogP contribution in [0.4, 0.5) is 0 Å². The standard InChI is InChI=1S/C11H26N2O2S/c1-10(2)8-12-6-7-13(4)9-11(3)16(5,14)15/h10-12H,6-9H2,1-5H3. The summed E-state index contributed by atoms with van der Waals surface area (Å²) >= 11 is 0. The maximum atomic E-state index is 11.2. The van der Waals surface area contributed by atoms with E-state index in [9.17, 15) is 8.42 Å². The van der Waals surface area contributed by atoms with Crippen LogP contribution in [0, 0.1) is 5.92 Å². The highest BCUT2D eigenvalue weighted by Gasteiger charge is 2.16.